The van der Waals surface area contributed by atoms with Gasteiger partial charge in [0.05, 0.1) is 12.0 Å². The first-order chi connectivity index (χ1) is 11.5. The quantitative estimate of drug-likeness (QED) is 0.883. The number of carbonyl (C=O) groups is 1. The van der Waals surface area contributed by atoms with Gasteiger partial charge in [0.1, 0.15) is 0 Å². The first-order valence-electron chi connectivity index (χ1n) is 8.76. The molecule has 1 unspecified atom stereocenters. The van der Waals surface area contributed by atoms with Gasteiger partial charge < -0.3 is 14.8 Å². The van der Waals surface area contributed by atoms with Gasteiger partial charge in [-0.25, -0.2) is 0 Å². The number of rotatable bonds is 5. The minimum Gasteiger partial charge on any atom is -0.381 e. The van der Waals surface area contributed by atoms with Crippen molar-refractivity contribution in [3.63, 3.8) is 0 Å². The monoisotopic (exact) mass is 351 g/mol. The highest BCUT2D eigenvalue weighted by Gasteiger charge is 2.36. The fraction of sp³-hybridized carbons (Fsp3) is 0.632. The van der Waals surface area contributed by atoms with E-state index in [-0.39, 0.29) is 16.9 Å². The Kier molecular flexibility index (Phi) is 5.48. The van der Waals surface area contributed by atoms with Gasteiger partial charge in [-0.3, -0.25) is 4.79 Å². The predicted octanol–water partition coefficient (Wildman–Crippen LogP) is 3.46. The van der Waals surface area contributed by atoms with Gasteiger partial charge in [0, 0.05) is 36.8 Å². The molecule has 132 valence electrons. The van der Waals surface area contributed by atoms with Crippen LogP contribution in [0.4, 0.5) is 0 Å². The van der Waals surface area contributed by atoms with Gasteiger partial charge in [-0.05, 0) is 50.3 Å². The zero-order chi connectivity index (χ0) is 17.0. The third kappa shape index (κ3) is 4.11. The Morgan fingerprint density at radius 3 is 2.71 bits per heavy atom. The number of nitrogens with one attached hydrogen (secondary N) is 1. The molecule has 2 saturated heterocycles. The normalized spacial score (nSPS) is 26.2. The SMILES string of the molecule is CC1(CC(=O)NCC2(c3cccc(Cl)c3)CCOCC2)CCCO1. The molecule has 0 spiro atoms. The second-order valence-corrected chi connectivity index (χ2v) is 7.69. The largest absolute Gasteiger partial charge is 0.381 e. The molecule has 0 radical (unpaired) electrons. The molecule has 1 amide bonds. The lowest BCUT2D eigenvalue weighted by Crippen LogP contribution is -2.46. The number of benzene rings is 1. The van der Waals surface area contributed by atoms with Crippen molar-refractivity contribution in [3.8, 4) is 0 Å². The second-order valence-electron chi connectivity index (χ2n) is 7.26. The van der Waals surface area contributed by atoms with Crippen molar-refractivity contribution in [2.45, 2.75) is 50.0 Å². The molecule has 2 aliphatic rings. The lowest BCUT2D eigenvalue weighted by Gasteiger charge is -2.38. The van der Waals surface area contributed by atoms with Crippen LogP contribution in [0.25, 0.3) is 0 Å². The summed E-state index contributed by atoms with van der Waals surface area (Å²) in [5.41, 5.74) is 0.779. The standard InChI is InChI=1S/C19H26ClNO3/c1-18(6-3-9-24-18)13-17(22)21-14-19(7-10-23-11-8-19)15-4-2-5-16(20)12-15/h2,4-5,12H,3,6-11,13-14H2,1H3,(H,21,22). The summed E-state index contributed by atoms with van der Waals surface area (Å²) in [6, 6.07) is 7.98. The Morgan fingerprint density at radius 2 is 2.04 bits per heavy atom. The molecule has 4 nitrogen and oxygen atoms in total. The third-order valence-corrected chi connectivity index (χ3v) is 5.58. The topological polar surface area (TPSA) is 47.6 Å². The number of carbonyl (C=O) groups excluding carboxylic acids is 1. The highest BCUT2D eigenvalue weighted by atomic mass is 35.5. The molecular formula is C19H26ClNO3. The Labute approximate surface area is 148 Å². The first kappa shape index (κ1) is 17.7. The van der Waals surface area contributed by atoms with Gasteiger partial charge in [-0.2, -0.15) is 0 Å². The average Bonchev–Trinajstić information content (AvgIpc) is 3.00. The summed E-state index contributed by atoms with van der Waals surface area (Å²) >= 11 is 6.19. The van der Waals surface area contributed by atoms with Crippen LogP contribution in [-0.4, -0.2) is 37.9 Å². The highest BCUT2D eigenvalue weighted by molar-refractivity contribution is 6.30. The molecule has 1 aromatic carbocycles. The summed E-state index contributed by atoms with van der Waals surface area (Å²) in [6.07, 6.45) is 4.19. The van der Waals surface area contributed by atoms with Crippen LogP contribution in [0.5, 0.6) is 0 Å². The molecule has 2 aliphatic heterocycles. The van der Waals surface area contributed by atoms with E-state index in [0.29, 0.717) is 26.2 Å². The van der Waals surface area contributed by atoms with E-state index in [9.17, 15) is 4.79 Å². The number of hydrogen-bond donors (Lipinski definition) is 1. The van der Waals surface area contributed by atoms with Crippen molar-refractivity contribution >= 4 is 17.5 Å². The van der Waals surface area contributed by atoms with Gasteiger partial charge in [0.2, 0.25) is 5.91 Å². The van der Waals surface area contributed by atoms with E-state index in [4.69, 9.17) is 21.1 Å². The van der Waals surface area contributed by atoms with Crippen LogP contribution >= 0.6 is 11.6 Å². The van der Waals surface area contributed by atoms with E-state index >= 15 is 0 Å². The highest BCUT2D eigenvalue weighted by Crippen LogP contribution is 2.35. The summed E-state index contributed by atoms with van der Waals surface area (Å²) in [6.45, 7) is 4.83. The van der Waals surface area contributed by atoms with Crippen LogP contribution < -0.4 is 5.32 Å². The third-order valence-electron chi connectivity index (χ3n) is 5.35. The van der Waals surface area contributed by atoms with E-state index < -0.39 is 0 Å². The van der Waals surface area contributed by atoms with Gasteiger partial charge in [0.25, 0.3) is 0 Å². The second kappa shape index (κ2) is 7.42. The van der Waals surface area contributed by atoms with Crippen molar-refractivity contribution in [2.75, 3.05) is 26.4 Å². The van der Waals surface area contributed by atoms with Crippen molar-refractivity contribution in [3.05, 3.63) is 34.9 Å². The maximum atomic E-state index is 12.4. The first-order valence-corrected chi connectivity index (χ1v) is 9.14. The number of amides is 1. The molecule has 0 aromatic heterocycles. The van der Waals surface area contributed by atoms with Crippen molar-refractivity contribution in [2.24, 2.45) is 0 Å². The number of hydrogen-bond acceptors (Lipinski definition) is 3. The van der Waals surface area contributed by atoms with Gasteiger partial charge in [0.15, 0.2) is 0 Å². The lowest BCUT2D eigenvalue weighted by atomic mass is 9.74. The number of halogens is 1. The molecule has 1 atom stereocenters. The lowest BCUT2D eigenvalue weighted by molar-refractivity contribution is -0.126. The van der Waals surface area contributed by atoms with Crippen LogP contribution in [0.2, 0.25) is 5.02 Å². The molecule has 0 aliphatic carbocycles. The summed E-state index contributed by atoms with van der Waals surface area (Å²) < 4.78 is 11.3. The summed E-state index contributed by atoms with van der Waals surface area (Å²) in [5, 5.41) is 3.88. The number of ether oxygens (including phenoxy) is 2. The minimum atomic E-state index is -0.303. The molecule has 3 rings (SSSR count). The van der Waals surface area contributed by atoms with E-state index in [1.54, 1.807) is 0 Å². The van der Waals surface area contributed by atoms with Crippen LogP contribution in [-0.2, 0) is 19.7 Å². The molecule has 1 N–H and O–H groups in total. The fourth-order valence-electron chi connectivity index (χ4n) is 3.79. The van der Waals surface area contributed by atoms with Crippen molar-refractivity contribution in [1.29, 1.82) is 0 Å². The zero-order valence-corrected chi connectivity index (χ0v) is 15.0. The van der Waals surface area contributed by atoms with E-state index in [0.717, 1.165) is 37.3 Å². The molecule has 2 heterocycles. The molecule has 1 aromatic rings. The van der Waals surface area contributed by atoms with E-state index in [1.807, 2.05) is 25.1 Å². The average molecular weight is 352 g/mol. The molecule has 2 fully saturated rings. The molecule has 0 saturated carbocycles. The summed E-state index contributed by atoms with van der Waals surface area (Å²) in [7, 11) is 0. The van der Waals surface area contributed by atoms with E-state index in [1.165, 1.54) is 5.56 Å². The van der Waals surface area contributed by atoms with Crippen molar-refractivity contribution < 1.29 is 14.3 Å². The van der Waals surface area contributed by atoms with Gasteiger partial charge >= 0.3 is 0 Å². The predicted molar refractivity (Wildman–Crippen MR) is 94.4 cm³/mol. The van der Waals surface area contributed by atoms with Crippen LogP contribution in [0, 0.1) is 0 Å². The van der Waals surface area contributed by atoms with Crippen molar-refractivity contribution in [1.82, 2.24) is 5.32 Å². The van der Waals surface area contributed by atoms with Crippen LogP contribution in [0.1, 0.15) is 44.6 Å². The maximum absolute atomic E-state index is 12.4. The Hall–Kier alpha value is -1.10. The van der Waals surface area contributed by atoms with Crippen LogP contribution in [0.3, 0.4) is 0 Å². The van der Waals surface area contributed by atoms with Gasteiger partial charge in [-0.15, -0.1) is 0 Å². The Bertz CT molecular complexity index is 578. The van der Waals surface area contributed by atoms with Gasteiger partial charge in [-0.1, -0.05) is 23.7 Å². The molecule has 5 heteroatoms. The summed E-state index contributed by atoms with van der Waals surface area (Å²) in [4.78, 5) is 12.4. The van der Waals surface area contributed by atoms with E-state index in [2.05, 4.69) is 11.4 Å². The Balaban J connectivity index is 1.67. The summed E-state index contributed by atoms with van der Waals surface area (Å²) in [5.74, 6) is 0.0623. The fourth-order valence-corrected chi connectivity index (χ4v) is 3.98. The Morgan fingerprint density at radius 1 is 1.25 bits per heavy atom. The maximum Gasteiger partial charge on any atom is 0.222 e. The molecular weight excluding hydrogens is 326 g/mol. The molecule has 24 heavy (non-hydrogen) atoms. The van der Waals surface area contributed by atoms with Crippen LogP contribution in [0.15, 0.2) is 24.3 Å². The smallest absolute Gasteiger partial charge is 0.222 e. The minimum absolute atomic E-state index is 0.0623. The molecule has 0 bridgehead atoms. The zero-order valence-electron chi connectivity index (χ0n) is 14.3.